The van der Waals surface area contributed by atoms with Crippen LogP contribution in [0.1, 0.15) is 50.5 Å². The number of rotatable bonds is 2. The molecule has 22 heavy (non-hydrogen) atoms. The molecule has 0 spiro atoms. The van der Waals surface area contributed by atoms with Crippen molar-refractivity contribution in [2.75, 3.05) is 13.1 Å². The molecule has 1 aliphatic heterocycles. The summed E-state index contributed by atoms with van der Waals surface area (Å²) in [5.41, 5.74) is 7.50. The van der Waals surface area contributed by atoms with Gasteiger partial charge in [-0.2, -0.15) is 0 Å². The molecule has 2 atom stereocenters. The number of aliphatic hydroxyl groups is 1. The normalized spacial score (nSPS) is 23.1. The van der Waals surface area contributed by atoms with E-state index in [1.54, 1.807) is 0 Å². The van der Waals surface area contributed by atoms with E-state index in [0.29, 0.717) is 13.0 Å². The summed E-state index contributed by atoms with van der Waals surface area (Å²) in [6.45, 7) is 8.69. The van der Waals surface area contributed by atoms with Gasteiger partial charge >= 0.3 is 6.09 Å². The zero-order chi connectivity index (χ0) is 16.7. The molecule has 2 rings (SSSR count). The van der Waals surface area contributed by atoms with Crippen LogP contribution < -0.4 is 5.73 Å². The van der Waals surface area contributed by atoms with Gasteiger partial charge in [-0.1, -0.05) is 39.0 Å². The third-order valence-corrected chi connectivity index (χ3v) is 5.14. The number of aliphatic hydroxyl groups excluding tert-OH is 1. The summed E-state index contributed by atoms with van der Waals surface area (Å²) in [5.74, 6) is 0. The number of amides is 1. The molecule has 1 amide bonds. The van der Waals surface area contributed by atoms with Gasteiger partial charge in [-0.3, -0.25) is 4.90 Å². The zero-order valence-electron chi connectivity index (χ0n) is 13.8. The number of nitrogens with two attached hydrogens (primary N) is 1. The Morgan fingerprint density at radius 3 is 2.59 bits per heavy atom. The summed E-state index contributed by atoms with van der Waals surface area (Å²) < 4.78 is 0. The maximum absolute atomic E-state index is 11.8. The van der Waals surface area contributed by atoms with Crippen molar-refractivity contribution in [3.63, 3.8) is 0 Å². The van der Waals surface area contributed by atoms with Crippen molar-refractivity contribution in [1.82, 2.24) is 4.90 Å². The van der Waals surface area contributed by atoms with E-state index in [1.165, 1.54) is 4.90 Å². The number of carboxylic acid groups (broad SMARTS) is 1. The molecule has 4 N–H and O–H groups in total. The van der Waals surface area contributed by atoms with Crippen LogP contribution in [0, 0.1) is 5.41 Å². The van der Waals surface area contributed by atoms with Crippen LogP contribution in [0.2, 0.25) is 0 Å². The van der Waals surface area contributed by atoms with Crippen molar-refractivity contribution in [2.24, 2.45) is 11.1 Å². The van der Waals surface area contributed by atoms with E-state index in [2.05, 4.69) is 0 Å². The van der Waals surface area contributed by atoms with Crippen LogP contribution in [-0.4, -0.2) is 34.3 Å². The first-order chi connectivity index (χ1) is 10.1. The van der Waals surface area contributed by atoms with Gasteiger partial charge in [-0.05, 0) is 35.4 Å². The molecule has 0 bridgehead atoms. The molecule has 0 saturated carbocycles. The molecular weight excluding hydrogens is 280 g/mol. The second-order valence-electron chi connectivity index (χ2n) is 7.13. The monoisotopic (exact) mass is 306 g/mol. The summed E-state index contributed by atoms with van der Waals surface area (Å²) in [6.07, 6.45) is -1.02. The smallest absolute Gasteiger partial charge is 0.408 e. The van der Waals surface area contributed by atoms with Crippen molar-refractivity contribution in [3.8, 4) is 0 Å². The fourth-order valence-electron chi connectivity index (χ4n) is 3.47. The minimum Gasteiger partial charge on any atom is -0.465 e. The zero-order valence-corrected chi connectivity index (χ0v) is 13.8. The molecule has 0 aliphatic carbocycles. The minimum atomic E-state index is -0.909. The highest BCUT2D eigenvalue weighted by molar-refractivity contribution is 5.68. The van der Waals surface area contributed by atoms with E-state index in [-0.39, 0.29) is 12.0 Å². The Morgan fingerprint density at radius 1 is 1.45 bits per heavy atom. The summed E-state index contributed by atoms with van der Waals surface area (Å²) >= 11 is 0. The second-order valence-corrected chi connectivity index (χ2v) is 7.13. The van der Waals surface area contributed by atoms with Crippen molar-refractivity contribution < 1.29 is 15.0 Å². The highest BCUT2D eigenvalue weighted by atomic mass is 16.4. The maximum Gasteiger partial charge on any atom is 0.408 e. The van der Waals surface area contributed by atoms with E-state index >= 15 is 0 Å². The molecule has 0 saturated heterocycles. The lowest BCUT2D eigenvalue weighted by Gasteiger charge is -2.52. The molecule has 1 aromatic carbocycles. The van der Waals surface area contributed by atoms with E-state index in [0.717, 1.165) is 16.7 Å². The number of benzene rings is 1. The lowest BCUT2D eigenvalue weighted by molar-refractivity contribution is 0.00322. The molecule has 1 unspecified atom stereocenters. The molecule has 5 heteroatoms. The Balaban J connectivity index is 2.70. The molecule has 1 aromatic rings. The van der Waals surface area contributed by atoms with Crippen LogP contribution in [0.25, 0.3) is 0 Å². The molecule has 5 nitrogen and oxygen atoms in total. The van der Waals surface area contributed by atoms with Crippen molar-refractivity contribution in [2.45, 2.75) is 45.8 Å². The van der Waals surface area contributed by atoms with Crippen molar-refractivity contribution >= 4 is 6.09 Å². The van der Waals surface area contributed by atoms with E-state index in [4.69, 9.17) is 5.73 Å². The predicted octanol–water partition coefficient (Wildman–Crippen LogP) is 2.48. The van der Waals surface area contributed by atoms with Gasteiger partial charge in [0.2, 0.25) is 0 Å². The third kappa shape index (κ3) is 2.38. The van der Waals surface area contributed by atoms with Gasteiger partial charge in [-0.25, -0.2) is 4.79 Å². The van der Waals surface area contributed by atoms with Gasteiger partial charge in [0.05, 0.1) is 11.6 Å². The predicted molar refractivity (Wildman–Crippen MR) is 85.7 cm³/mol. The second kappa shape index (κ2) is 5.56. The topological polar surface area (TPSA) is 86.8 Å². The molecule has 122 valence electrons. The van der Waals surface area contributed by atoms with E-state index < -0.39 is 17.7 Å². The Hall–Kier alpha value is -1.59. The Labute approximate surface area is 131 Å². The standard InChI is InChI=1S/C17H26N2O3/c1-16(2,3)17(4)13-7-5-6-12(14(20)10-18)11(13)8-9-19(17)15(21)22/h5-7,14,20H,8-10,18H2,1-4H3,(H,21,22)/t14?,17-/m1/s1. The lowest BCUT2D eigenvalue weighted by atomic mass is 9.65. The summed E-state index contributed by atoms with van der Waals surface area (Å²) in [7, 11) is 0. The summed E-state index contributed by atoms with van der Waals surface area (Å²) in [4.78, 5) is 13.3. The van der Waals surface area contributed by atoms with Crippen LogP contribution in [0.3, 0.4) is 0 Å². The SMILES string of the molecule is CC(C)(C)[C@@]1(C)c2cccc(C(O)CN)c2CCN1C(=O)O. The maximum atomic E-state index is 11.8. The Kier molecular flexibility index (Phi) is 4.24. The fraction of sp³-hybridized carbons (Fsp3) is 0.588. The van der Waals surface area contributed by atoms with E-state index in [1.807, 2.05) is 45.9 Å². The van der Waals surface area contributed by atoms with Crippen LogP contribution in [-0.2, 0) is 12.0 Å². The van der Waals surface area contributed by atoms with Crippen molar-refractivity contribution in [1.29, 1.82) is 0 Å². The Bertz CT molecular complexity index is 580. The largest absolute Gasteiger partial charge is 0.465 e. The average Bonchev–Trinajstić information content (AvgIpc) is 2.44. The molecule has 1 aliphatic rings. The van der Waals surface area contributed by atoms with E-state index in [9.17, 15) is 15.0 Å². The van der Waals surface area contributed by atoms with Crippen molar-refractivity contribution in [3.05, 3.63) is 34.9 Å². The minimum absolute atomic E-state index is 0.158. The molecule has 0 fully saturated rings. The highest BCUT2D eigenvalue weighted by Gasteiger charge is 2.49. The van der Waals surface area contributed by atoms with Gasteiger partial charge in [-0.15, -0.1) is 0 Å². The molecular formula is C17H26N2O3. The summed E-state index contributed by atoms with van der Waals surface area (Å²) in [6, 6.07) is 5.74. The van der Waals surface area contributed by atoms with Crippen LogP contribution >= 0.6 is 0 Å². The number of hydrogen-bond acceptors (Lipinski definition) is 3. The van der Waals surface area contributed by atoms with Gasteiger partial charge in [0.25, 0.3) is 0 Å². The first kappa shape index (κ1) is 16.8. The van der Waals surface area contributed by atoms with Gasteiger partial charge < -0.3 is 15.9 Å². The number of nitrogens with zero attached hydrogens (tertiary/aromatic N) is 1. The number of hydrogen-bond donors (Lipinski definition) is 3. The third-order valence-electron chi connectivity index (χ3n) is 5.14. The van der Waals surface area contributed by atoms with Gasteiger partial charge in [0.1, 0.15) is 0 Å². The van der Waals surface area contributed by atoms with Gasteiger partial charge in [0, 0.05) is 13.1 Å². The highest BCUT2D eigenvalue weighted by Crippen LogP contribution is 2.48. The van der Waals surface area contributed by atoms with Crippen LogP contribution in [0.4, 0.5) is 4.79 Å². The first-order valence-electron chi connectivity index (χ1n) is 7.65. The number of carbonyl (C=O) groups is 1. The molecule has 0 radical (unpaired) electrons. The van der Waals surface area contributed by atoms with Gasteiger partial charge in [0.15, 0.2) is 0 Å². The molecule has 1 heterocycles. The number of fused-ring (bicyclic) bond motifs is 1. The fourth-order valence-corrected chi connectivity index (χ4v) is 3.47. The van der Waals surface area contributed by atoms with Crippen LogP contribution in [0.5, 0.6) is 0 Å². The Morgan fingerprint density at radius 2 is 2.09 bits per heavy atom. The van der Waals surface area contributed by atoms with Crippen LogP contribution in [0.15, 0.2) is 18.2 Å². The molecule has 0 aromatic heterocycles. The average molecular weight is 306 g/mol. The summed E-state index contributed by atoms with van der Waals surface area (Å²) in [5, 5.41) is 19.8. The lowest BCUT2D eigenvalue weighted by Crippen LogP contribution is -2.58. The first-order valence-corrected chi connectivity index (χ1v) is 7.65. The quantitative estimate of drug-likeness (QED) is 0.783.